The van der Waals surface area contributed by atoms with Crippen molar-refractivity contribution in [1.29, 1.82) is 0 Å². The van der Waals surface area contributed by atoms with Crippen molar-refractivity contribution in [2.45, 2.75) is 39.3 Å². The van der Waals surface area contributed by atoms with Crippen LogP contribution in [-0.2, 0) is 20.8 Å². The summed E-state index contributed by atoms with van der Waals surface area (Å²) in [6, 6.07) is 1.99. The van der Waals surface area contributed by atoms with Crippen LogP contribution in [0, 0.1) is 13.8 Å². The third-order valence-corrected chi connectivity index (χ3v) is 4.69. The zero-order valence-electron chi connectivity index (χ0n) is 15.3. The average Bonchev–Trinajstić information content (AvgIpc) is 2.87. The molecule has 0 N–H and O–H groups in total. The summed E-state index contributed by atoms with van der Waals surface area (Å²) in [7, 11) is 3.37. The molecule has 0 atom stereocenters. The number of aryl methyl sites for hydroxylation is 1. The van der Waals surface area contributed by atoms with Crippen molar-refractivity contribution in [3.8, 4) is 0 Å². The highest BCUT2D eigenvalue weighted by Crippen LogP contribution is 2.21. The highest BCUT2D eigenvalue weighted by atomic mass is 16.5. The van der Waals surface area contributed by atoms with Gasteiger partial charge >= 0.3 is 0 Å². The maximum Gasteiger partial charge on any atom is 0.255 e. The molecule has 0 spiro atoms. The first kappa shape index (κ1) is 19.0. The summed E-state index contributed by atoms with van der Waals surface area (Å²) in [6.45, 7) is 8.20. The minimum absolute atomic E-state index is 0.127. The second-order valence-electron chi connectivity index (χ2n) is 6.28. The van der Waals surface area contributed by atoms with Crippen molar-refractivity contribution >= 4 is 5.91 Å². The Morgan fingerprint density at radius 2 is 1.79 bits per heavy atom. The van der Waals surface area contributed by atoms with E-state index in [9.17, 15) is 4.79 Å². The second kappa shape index (κ2) is 9.20. The smallest absolute Gasteiger partial charge is 0.255 e. The third kappa shape index (κ3) is 4.59. The Bertz CT molecular complexity index is 533. The fourth-order valence-electron chi connectivity index (χ4n) is 3.24. The fraction of sp³-hybridized carbons (Fsp3) is 0.722. The van der Waals surface area contributed by atoms with Crippen LogP contribution in [0.5, 0.6) is 0 Å². The van der Waals surface area contributed by atoms with Crippen molar-refractivity contribution < 1.29 is 19.0 Å². The summed E-state index contributed by atoms with van der Waals surface area (Å²) < 4.78 is 18.1. The number of rotatable bonds is 8. The van der Waals surface area contributed by atoms with Crippen molar-refractivity contribution in [2.24, 2.45) is 0 Å². The summed E-state index contributed by atoms with van der Waals surface area (Å²) in [5.74, 6) is 0.127. The van der Waals surface area contributed by atoms with E-state index in [-0.39, 0.29) is 12.0 Å². The molecule has 0 radical (unpaired) electrons. The topological polar surface area (TPSA) is 52.9 Å². The van der Waals surface area contributed by atoms with Gasteiger partial charge in [-0.1, -0.05) is 0 Å². The molecule has 1 aliphatic rings. The largest absolute Gasteiger partial charge is 0.383 e. The first-order valence-electron chi connectivity index (χ1n) is 8.64. The molecule has 1 aromatic rings. The molecule has 2 rings (SSSR count). The van der Waals surface area contributed by atoms with E-state index in [4.69, 9.17) is 14.2 Å². The summed E-state index contributed by atoms with van der Waals surface area (Å²) >= 11 is 0. The number of amides is 1. The minimum Gasteiger partial charge on any atom is -0.383 e. The van der Waals surface area contributed by atoms with Crippen molar-refractivity contribution in [3.63, 3.8) is 0 Å². The molecule has 0 unspecified atom stereocenters. The Morgan fingerprint density at radius 1 is 1.12 bits per heavy atom. The third-order valence-electron chi connectivity index (χ3n) is 4.69. The molecule has 1 amide bonds. The van der Waals surface area contributed by atoms with E-state index >= 15 is 0 Å². The van der Waals surface area contributed by atoms with Crippen LogP contribution in [0.15, 0.2) is 6.07 Å². The van der Waals surface area contributed by atoms with Gasteiger partial charge in [-0.3, -0.25) is 4.79 Å². The van der Waals surface area contributed by atoms with Crippen LogP contribution >= 0.6 is 0 Å². The Kier molecular flexibility index (Phi) is 7.27. The van der Waals surface area contributed by atoms with E-state index in [2.05, 4.69) is 4.57 Å². The van der Waals surface area contributed by atoms with Crippen molar-refractivity contribution in [3.05, 3.63) is 23.0 Å². The number of piperidine rings is 1. The molecule has 2 heterocycles. The van der Waals surface area contributed by atoms with Gasteiger partial charge < -0.3 is 23.7 Å². The number of aromatic nitrogens is 1. The Labute approximate surface area is 144 Å². The lowest BCUT2D eigenvalue weighted by atomic mass is 10.1. The molecule has 1 aliphatic heterocycles. The Hall–Kier alpha value is -1.37. The van der Waals surface area contributed by atoms with E-state index < -0.39 is 0 Å². The zero-order valence-corrected chi connectivity index (χ0v) is 15.3. The molecular formula is C18H30N2O4. The lowest BCUT2D eigenvalue weighted by Crippen LogP contribution is -2.41. The van der Waals surface area contributed by atoms with Crippen LogP contribution in [0.1, 0.15) is 34.6 Å². The first-order valence-corrected chi connectivity index (χ1v) is 8.64. The van der Waals surface area contributed by atoms with Crippen molar-refractivity contribution in [1.82, 2.24) is 9.47 Å². The number of nitrogens with zero attached hydrogens (tertiary/aromatic N) is 2. The lowest BCUT2D eigenvalue weighted by molar-refractivity contribution is -0.0122. The molecule has 1 saturated heterocycles. The number of carbonyl (C=O) groups excluding carboxylic acids is 1. The molecule has 0 bridgehead atoms. The monoisotopic (exact) mass is 338 g/mol. The van der Waals surface area contributed by atoms with Gasteiger partial charge in [0.15, 0.2) is 0 Å². The van der Waals surface area contributed by atoms with Crippen LogP contribution < -0.4 is 0 Å². The molecule has 0 saturated carbocycles. The molecular weight excluding hydrogens is 308 g/mol. The summed E-state index contributed by atoms with van der Waals surface area (Å²) in [6.07, 6.45) is 2.01. The quantitative estimate of drug-likeness (QED) is 0.681. The Balaban J connectivity index is 1.93. The van der Waals surface area contributed by atoms with E-state index in [0.717, 1.165) is 49.4 Å². The zero-order chi connectivity index (χ0) is 17.5. The molecule has 136 valence electrons. The molecule has 0 aliphatic carbocycles. The molecule has 6 nitrogen and oxygen atoms in total. The van der Waals surface area contributed by atoms with Gasteiger partial charge in [0.05, 0.1) is 31.5 Å². The van der Waals surface area contributed by atoms with E-state index in [1.165, 1.54) is 0 Å². The van der Waals surface area contributed by atoms with Gasteiger partial charge in [0.2, 0.25) is 0 Å². The van der Waals surface area contributed by atoms with E-state index in [0.29, 0.717) is 19.8 Å². The van der Waals surface area contributed by atoms with Crippen LogP contribution in [0.25, 0.3) is 0 Å². The normalized spacial score (nSPS) is 15.9. The Morgan fingerprint density at radius 3 is 2.42 bits per heavy atom. The van der Waals surface area contributed by atoms with Crippen molar-refractivity contribution in [2.75, 3.05) is 47.1 Å². The number of likely N-dealkylation sites (tertiary alicyclic amines) is 1. The molecule has 1 aromatic heterocycles. The number of hydrogen-bond donors (Lipinski definition) is 0. The minimum atomic E-state index is 0.127. The summed E-state index contributed by atoms with van der Waals surface area (Å²) in [4.78, 5) is 14.8. The molecule has 0 aromatic carbocycles. The number of methoxy groups -OCH3 is 2. The van der Waals surface area contributed by atoms with E-state index in [1.807, 2.05) is 24.8 Å². The van der Waals surface area contributed by atoms with Crippen LogP contribution in [0.4, 0.5) is 0 Å². The fourth-order valence-corrected chi connectivity index (χ4v) is 3.24. The van der Waals surface area contributed by atoms with Crippen LogP contribution in [-0.4, -0.2) is 68.6 Å². The summed E-state index contributed by atoms with van der Waals surface area (Å²) in [5.41, 5.74) is 2.93. The standard InChI is InChI=1S/C18H30N2O4/c1-14-13-17(15(2)20(14)9-10-22-3)18(21)19-7-5-16(6-8-19)24-12-11-23-4/h13,16H,5-12H2,1-4H3. The lowest BCUT2D eigenvalue weighted by Gasteiger charge is -2.32. The van der Waals surface area contributed by atoms with Gasteiger partial charge in [-0.25, -0.2) is 0 Å². The molecule has 1 fully saturated rings. The van der Waals surface area contributed by atoms with Gasteiger partial charge in [-0.2, -0.15) is 0 Å². The number of hydrogen-bond acceptors (Lipinski definition) is 4. The first-order chi connectivity index (χ1) is 11.6. The summed E-state index contributed by atoms with van der Waals surface area (Å²) in [5, 5.41) is 0. The highest BCUT2D eigenvalue weighted by Gasteiger charge is 2.26. The number of ether oxygens (including phenoxy) is 3. The van der Waals surface area contributed by atoms with Gasteiger partial charge in [-0.05, 0) is 32.8 Å². The predicted molar refractivity (Wildman–Crippen MR) is 92.5 cm³/mol. The van der Waals surface area contributed by atoms with Gasteiger partial charge in [0.25, 0.3) is 5.91 Å². The predicted octanol–water partition coefficient (Wildman–Crippen LogP) is 2.02. The highest BCUT2D eigenvalue weighted by molar-refractivity contribution is 5.95. The van der Waals surface area contributed by atoms with Gasteiger partial charge in [-0.15, -0.1) is 0 Å². The number of carbonyl (C=O) groups is 1. The van der Waals surface area contributed by atoms with Gasteiger partial charge in [0, 0.05) is 45.2 Å². The van der Waals surface area contributed by atoms with Gasteiger partial charge in [0.1, 0.15) is 0 Å². The maximum absolute atomic E-state index is 12.8. The van der Waals surface area contributed by atoms with E-state index in [1.54, 1.807) is 14.2 Å². The van der Waals surface area contributed by atoms with Crippen LogP contribution in [0.2, 0.25) is 0 Å². The van der Waals surface area contributed by atoms with Crippen LogP contribution in [0.3, 0.4) is 0 Å². The SMILES string of the molecule is COCCOC1CCN(C(=O)c2cc(C)n(CCOC)c2C)CC1. The average molecular weight is 338 g/mol. The molecule has 6 heteroatoms. The maximum atomic E-state index is 12.8. The second-order valence-corrected chi connectivity index (χ2v) is 6.28. The molecule has 24 heavy (non-hydrogen) atoms.